The van der Waals surface area contributed by atoms with Crippen molar-refractivity contribution in [2.75, 3.05) is 25.6 Å². The van der Waals surface area contributed by atoms with Gasteiger partial charge in [-0.25, -0.2) is 0 Å². The molecule has 0 aliphatic heterocycles. The normalized spacial score (nSPS) is 10.5. The highest BCUT2D eigenvalue weighted by Crippen LogP contribution is 2.33. The zero-order valence-electron chi connectivity index (χ0n) is 16.1. The lowest BCUT2D eigenvalue weighted by Crippen LogP contribution is -2.20. The van der Waals surface area contributed by atoms with Crippen LogP contribution in [-0.2, 0) is 11.3 Å². The number of amides is 1. The van der Waals surface area contributed by atoms with Crippen molar-refractivity contribution >= 4 is 23.2 Å². The number of hydrogen-bond acceptors (Lipinski definition) is 4. The lowest BCUT2D eigenvalue weighted by molar-refractivity contribution is -0.118. The first-order valence-corrected chi connectivity index (χ1v) is 9.47. The second kappa shape index (κ2) is 10.8. The monoisotopic (exact) mass is 390 g/mol. The standard InChI is InChI=1S/C21H27ClN2O3/c1-4-5-10-23-13-16-11-19(26-3)20(12-18(16)22)27-14-21(25)24-17-8-6-15(2)7-9-17/h6-9,11-12,23H,4-5,10,13-14H2,1-3H3,(H,24,25). The van der Waals surface area contributed by atoms with E-state index in [0.717, 1.165) is 36.2 Å². The summed E-state index contributed by atoms with van der Waals surface area (Å²) in [6.07, 6.45) is 2.26. The van der Waals surface area contributed by atoms with E-state index in [2.05, 4.69) is 17.6 Å². The van der Waals surface area contributed by atoms with Gasteiger partial charge in [-0.1, -0.05) is 42.6 Å². The molecule has 0 fully saturated rings. The summed E-state index contributed by atoms with van der Waals surface area (Å²) >= 11 is 6.35. The van der Waals surface area contributed by atoms with Crippen LogP contribution in [0, 0.1) is 6.92 Å². The van der Waals surface area contributed by atoms with Crippen LogP contribution in [0.2, 0.25) is 5.02 Å². The van der Waals surface area contributed by atoms with Gasteiger partial charge in [-0.2, -0.15) is 0 Å². The number of ether oxygens (including phenoxy) is 2. The molecular formula is C21H27ClN2O3. The fraction of sp³-hybridized carbons (Fsp3) is 0.381. The molecule has 0 radical (unpaired) electrons. The average Bonchev–Trinajstić information content (AvgIpc) is 2.66. The van der Waals surface area contributed by atoms with Gasteiger partial charge in [0.2, 0.25) is 0 Å². The molecule has 27 heavy (non-hydrogen) atoms. The van der Waals surface area contributed by atoms with Gasteiger partial charge < -0.3 is 20.1 Å². The molecule has 6 heteroatoms. The second-order valence-corrected chi connectivity index (χ2v) is 6.73. The molecule has 0 spiro atoms. The van der Waals surface area contributed by atoms with Crippen LogP contribution in [0.1, 0.15) is 30.9 Å². The summed E-state index contributed by atoms with van der Waals surface area (Å²) in [4.78, 5) is 12.1. The minimum atomic E-state index is -0.248. The van der Waals surface area contributed by atoms with Crippen molar-refractivity contribution < 1.29 is 14.3 Å². The lowest BCUT2D eigenvalue weighted by atomic mass is 10.2. The lowest BCUT2D eigenvalue weighted by Gasteiger charge is -2.14. The Morgan fingerprint density at radius 1 is 1.15 bits per heavy atom. The first-order valence-electron chi connectivity index (χ1n) is 9.10. The number of aryl methyl sites for hydroxylation is 1. The zero-order chi connectivity index (χ0) is 19.6. The highest BCUT2D eigenvalue weighted by atomic mass is 35.5. The minimum absolute atomic E-state index is 0.130. The van der Waals surface area contributed by atoms with Crippen LogP contribution >= 0.6 is 11.6 Å². The SMILES string of the molecule is CCCCNCc1cc(OC)c(OCC(=O)Nc2ccc(C)cc2)cc1Cl. The van der Waals surface area contributed by atoms with Gasteiger partial charge in [0, 0.05) is 23.3 Å². The first-order chi connectivity index (χ1) is 13.0. The van der Waals surface area contributed by atoms with Gasteiger partial charge in [0.25, 0.3) is 5.91 Å². The van der Waals surface area contributed by atoms with Gasteiger partial charge in [0.1, 0.15) is 0 Å². The number of unbranched alkanes of at least 4 members (excludes halogenated alkanes) is 1. The van der Waals surface area contributed by atoms with Crippen LogP contribution < -0.4 is 20.1 Å². The van der Waals surface area contributed by atoms with E-state index in [1.165, 1.54) is 0 Å². The summed E-state index contributed by atoms with van der Waals surface area (Å²) in [6, 6.07) is 11.1. The summed E-state index contributed by atoms with van der Waals surface area (Å²) in [5.74, 6) is 0.746. The number of carbonyl (C=O) groups excluding carboxylic acids is 1. The average molecular weight is 391 g/mol. The van der Waals surface area contributed by atoms with Crippen molar-refractivity contribution in [3.05, 3.63) is 52.5 Å². The fourth-order valence-corrected chi connectivity index (χ4v) is 2.71. The van der Waals surface area contributed by atoms with Crippen LogP contribution in [0.25, 0.3) is 0 Å². The largest absolute Gasteiger partial charge is 0.493 e. The predicted molar refractivity (Wildman–Crippen MR) is 110 cm³/mol. The molecule has 146 valence electrons. The number of halogens is 1. The van der Waals surface area contributed by atoms with Crippen molar-refractivity contribution in [3.63, 3.8) is 0 Å². The van der Waals surface area contributed by atoms with E-state index >= 15 is 0 Å². The van der Waals surface area contributed by atoms with Crippen molar-refractivity contribution in [2.45, 2.75) is 33.2 Å². The van der Waals surface area contributed by atoms with E-state index in [4.69, 9.17) is 21.1 Å². The molecular weight excluding hydrogens is 364 g/mol. The molecule has 0 aromatic heterocycles. The van der Waals surface area contributed by atoms with Crippen molar-refractivity contribution in [1.82, 2.24) is 5.32 Å². The summed E-state index contributed by atoms with van der Waals surface area (Å²) in [5, 5.41) is 6.72. The van der Waals surface area contributed by atoms with E-state index in [1.807, 2.05) is 37.3 Å². The number of anilines is 1. The Hall–Kier alpha value is -2.24. The maximum absolute atomic E-state index is 12.1. The Kier molecular flexibility index (Phi) is 8.43. The van der Waals surface area contributed by atoms with Crippen LogP contribution in [-0.4, -0.2) is 26.2 Å². The summed E-state index contributed by atoms with van der Waals surface area (Å²) in [5.41, 5.74) is 2.79. The molecule has 2 N–H and O–H groups in total. The number of hydrogen-bond donors (Lipinski definition) is 2. The molecule has 0 aliphatic rings. The Bertz CT molecular complexity index is 748. The van der Waals surface area contributed by atoms with Gasteiger partial charge in [-0.15, -0.1) is 0 Å². The van der Waals surface area contributed by atoms with Crippen LogP contribution in [0.4, 0.5) is 5.69 Å². The van der Waals surface area contributed by atoms with E-state index in [-0.39, 0.29) is 12.5 Å². The second-order valence-electron chi connectivity index (χ2n) is 6.33. The Morgan fingerprint density at radius 2 is 1.89 bits per heavy atom. The fourth-order valence-electron chi connectivity index (χ4n) is 2.49. The maximum atomic E-state index is 12.1. The van der Waals surface area contributed by atoms with E-state index in [1.54, 1.807) is 13.2 Å². The molecule has 1 amide bonds. The van der Waals surface area contributed by atoms with Crippen LogP contribution in [0.3, 0.4) is 0 Å². The number of nitrogens with one attached hydrogen (secondary N) is 2. The van der Waals surface area contributed by atoms with Gasteiger partial charge in [0.05, 0.1) is 7.11 Å². The van der Waals surface area contributed by atoms with Gasteiger partial charge in [-0.05, 0) is 43.7 Å². The third-order valence-electron chi connectivity index (χ3n) is 4.05. The molecule has 0 saturated carbocycles. The Morgan fingerprint density at radius 3 is 2.56 bits per heavy atom. The van der Waals surface area contributed by atoms with E-state index in [0.29, 0.717) is 23.1 Å². The van der Waals surface area contributed by atoms with Crippen LogP contribution in [0.15, 0.2) is 36.4 Å². The summed E-state index contributed by atoms with van der Waals surface area (Å²) in [7, 11) is 1.57. The Labute approximate surface area is 166 Å². The molecule has 0 unspecified atom stereocenters. The Balaban J connectivity index is 1.95. The number of benzene rings is 2. The number of methoxy groups -OCH3 is 1. The molecule has 2 aromatic rings. The first kappa shape index (κ1) is 21.1. The molecule has 2 aromatic carbocycles. The maximum Gasteiger partial charge on any atom is 0.262 e. The summed E-state index contributed by atoms with van der Waals surface area (Å²) in [6.45, 7) is 5.61. The number of rotatable bonds is 10. The summed E-state index contributed by atoms with van der Waals surface area (Å²) < 4.78 is 11.0. The molecule has 0 heterocycles. The van der Waals surface area contributed by atoms with Crippen molar-refractivity contribution in [2.24, 2.45) is 0 Å². The van der Waals surface area contributed by atoms with Crippen molar-refractivity contribution in [1.29, 1.82) is 0 Å². The third kappa shape index (κ3) is 6.77. The smallest absolute Gasteiger partial charge is 0.262 e. The predicted octanol–water partition coefficient (Wildman–Crippen LogP) is 4.56. The number of carbonyl (C=O) groups is 1. The molecule has 5 nitrogen and oxygen atoms in total. The highest BCUT2D eigenvalue weighted by molar-refractivity contribution is 6.31. The highest BCUT2D eigenvalue weighted by Gasteiger charge is 2.12. The molecule has 0 aliphatic carbocycles. The van der Waals surface area contributed by atoms with Crippen molar-refractivity contribution in [3.8, 4) is 11.5 Å². The topological polar surface area (TPSA) is 59.6 Å². The molecule has 2 rings (SSSR count). The van der Waals surface area contributed by atoms with E-state index in [9.17, 15) is 4.79 Å². The van der Waals surface area contributed by atoms with Crippen LogP contribution in [0.5, 0.6) is 11.5 Å². The molecule has 0 atom stereocenters. The third-order valence-corrected chi connectivity index (χ3v) is 4.40. The molecule has 0 saturated heterocycles. The zero-order valence-corrected chi connectivity index (χ0v) is 16.9. The van der Waals surface area contributed by atoms with Gasteiger partial charge in [-0.3, -0.25) is 4.79 Å². The molecule has 0 bridgehead atoms. The van der Waals surface area contributed by atoms with Gasteiger partial charge in [0.15, 0.2) is 18.1 Å². The minimum Gasteiger partial charge on any atom is -0.493 e. The quantitative estimate of drug-likeness (QED) is 0.583. The van der Waals surface area contributed by atoms with E-state index < -0.39 is 0 Å². The van der Waals surface area contributed by atoms with Gasteiger partial charge >= 0.3 is 0 Å².